The summed E-state index contributed by atoms with van der Waals surface area (Å²) in [7, 11) is 0. The summed E-state index contributed by atoms with van der Waals surface area (Å²) in [5.41, 5.74) is 0. The summed E-state index contributed by atoms with van der Waals surface area (Å²) in [4.78, 5) is 0. The lowest BCUT2D eigenvalue weighted by atomic mass is 10.1. The van der Waals surface area contributed by atoms with Gasteiger partial charge in [-0.05, 0) is 37.0 Å². The number of hydrogen-bond donors (Lipinski definition) is 1. The molecule has 0 aromatic carbocycles. The predicted molar refractivity (Wildman–Crippen MR) is 88.0 cm³/mol. The van der Waals surface area contributed by atoms with Gasteiger partial charge in [0, 0.05) is 0 Å². The lowest BCUT2D eigenvalue weighted by Gasteiger charge is -2.37. The highest BCUT2D eigenvalue weighted by atomic mass is 32.2. The molecular weight excluding hydrogens is 258 g/mol. The van der Waals surface area contributed by atoms with Gasteiger partial charge in [-0.3, -0.25) is 5.32 Å². The van der Waals surface area contributed by atoms with E-state index in [1.54, 1.807) is 0 Å². The van der Waals surface area contributed by atoms with Gasteiger partial charge in [0.05, 0.1) is 15.3 Å². The van der Waals surface area contributed by atoms with Crippen LogP contribution in [0.1, 0.15) is 60.8 Å². The monoisotopic (exact) mass is 289 g/mol. The predicted octanol–water partition coefficient (Wildman–Crippen LogP) is 5.17. The minimum atomic E-state index is 0.666. The molecule has 2 atom stereocenters. The van der Waals surface area contributed by atoms with Crippen LogP contribution in [0.3, 0.4) is 0 Å². The molecule has 0 aromatic rings. The topological polar surface area (TPSA) is 12.0 Å². The maximum absolute atomic E-state index is 3.85. The quantitative estimate of drug-likeness (QED) is 0.724. The zero-order valence-corrected chi connectivity index (χ0v) is 14.5. The lowest BCUT2D eigenvalue weighted by Crippen LogP contribution is -2.42. The molecule has 0 spiro atoms. The maximum Gasteiger partial charge on any atom is 0.0554 e. The highest BCUT2D eigenvalue weighted by Gasteiger charge is 2.30. The molecule has 0 radical (unpaired) electrons. The van der Waals surface area contributed by atoms with Crippen molar-refractivity contribution in [3.05, 3.63) is 0 Å². The van der Waals surface area contributed by atoms with Gasteiger partial charge in [0.1, 0.15) is 0 Å². The molecule has 1 aliphatic heterocycles. The number of thioether (sulfide) groups is 2. The molecule has 0 aromatic heterocycles. The van der Waals surface area contributed by atoms with Crippen molar-refractivity contribution in [3.63, 3.8) is 0 Å². The van der Waals surface area contributed by atoms with Gasteiger partial charge in [-0.15, -0.1) is 23.5 Å². The standard InChI is InChI=1S/C15H31NS2/c1-10(2)7-13-16-14(8-11(3)4)18-15(17-13)9-12(5)6/h10-16H,7-9H2,1-6H3/t13-,14-/m0/s1. The Bertz CT molecular complexity index is 184. The fourth-order valence-electron chi connectivity index (χ4n) is 2.28. The average molecular weight is 290 g/mol. The second-order valence-corrected chi connectivity index (χ2v) is 9.85. The van der Waals surface area contributed by atoms with Crippen LogP contribution in [0, 0.1) is 17.8 Å². The highest BCUT2D eigenvalue weighted by molar-refractivity contribution is 8.18. The molecule has 1 saturated heterocycles. The van der Waals surface area contributed by atoms with E-state index in [0.29, 0.717) is 10.7 Å². The van der Waals surface area contributed by atoms with E-state index in [0.717, 1.165) is 22.3 Å². The summed E-state index contributed by atoms with van der Waals surface area (Å²) >= 11 is 4.34. The number of nitrogens with one attached hydrogen (secondary N) is 1. The van der Waals surface area contributed by atoms with Crippen molar-refractivity contribution in [1.82, 2.24) is 5.32 Å². The summed E-state index contributed by atoms with van der Waals surface area (Å²) in [6, 6.07) is 0. The van der Waals surface area contributed by atoms with Gasteiger partial charge in [0.2, 0.25) is 0 Å². The van der Waals surface area contributed by atoms with Crippen molar-refractivity contribution in [3.8, 4) is 0 Å². The summed E-state index contributed by atoms with van der Waals surface area (Å²) in [6.45, 7) is 14.0. The van der Waals surface area contributed by atoms with Crippen molar-refractivity contribution in [2.45, 2.75) is 76.1 Å². The fraction of sp³-hybridized carbons (Fsp3) is 1.00. The van der Waals surface area contributed by atoms with Gasteiger partial charge < -0.3 is 0 Å². The van der Waals surface area contributed by atoms with Crippen molar-refractivity contribution >= 4 is 23.5 Å². The molecule has 0 bridgehead atoms. The summed E-state index contributed by atoms with van der Waals surface area (Å²) in [5, 5.41) is 5.18. The molecule has 0 amide bonds. The Labute approximate surface area is 123 Å². The molecule has 0 unspecified atom stereocenters. The average Bonchev–Trinajstić information content (AvgIpc) is 2.12. The van der Waals surface area contributed by atoms with Gasteiger partial charge in [0.25, 0.3) is 0 Å². The molecule has 1 fully saturated rings. The van der Waals surface area contributed by atoms with Crippen LogP contribution in [0.4, 0.5) is 0 Å². The Morgan fingerprint density at radius 3 is 1.44 bits per heavy atom. The first-order valence-corrected chi connectivity index (χ1v) is 9.32. The van der Waals surface area contributed by atoms with Crippen LogP contribution in [0.5, 0.6) is 0 Å². The third kappa shape index (κ3) is 6.72. The molecule has 1 aliphatic rings. The molecule has 3 heteroatoms. The third-order valence-corrected chi connectivity index (χ3v) is 6.01. The van der Waals surface area contributed by atoms with Crippen LogP contribution in [0.2, 0.25) is 0 Å². The molecule has 1 rings (SSSR count). The maximum atomic E-state index is 3.85. The van der Waals surface area contributed by atoms with Crippen molar-refractivity contribution < 1.29 is 0 Å². The molecule has 0 saturated carbocycles. The molecule has 1 nitrogen and oxygen atoms in total. The van der Waals surface area contributed by atoms with E-state index in [1.807, 2.05) is 0 Å². The van der Waals surface area contributed by atoms with E-state index < -0.39 is 0 Å². The zero-order chi connectivity index (χ0) is 13.7. The van der Waals surface area contributed by atoms with Gasteiger partial charge >= 0.3 is 0 Å². The van der Waals surface area contributed by atoms with E-state index in [2.05, 4.69) is 70.4 Å². The van der Waals surface area contributed by atoms with E-state index in [1.165, 1.54) is 19.3 Å². The SMILES string of the molecule is CC(C)CC1S[C@@H](CC(C)C)N[C@H](CC(C)C)S1. The molecule has 1 heterocycles. The molecular formula is C15H31NS2. The van der Waals surface area contributed by atoms with Crippen LogP contribution >= 0.6 is 23.5 Å². The van der Waals surface area contributed by atoms with Gasteiger partial charge in [-0.1, -0.05) is 41.5 Å². The van der Waals surface area contributed by atoms with Crippen molar-refractivity contribution in [2.24, 2.45) is 17.8 Å². The molecule has 0 aliphatic carbocycles. The number of rotatable bonds is 6. The Kier molecular flexibility index (Phi) is 7.48. The largest absolute Gasteiger partial charge is 0.293 e. The van der Waals surface area contributed by atoms with E-state index in [-0.39, 0.29) is 0 Å². The van der Waals surface area contributed by atoms with Gasteiger partial charge in [-0.2, -0.15) is 0 Å². The minimum absolute atomic E-state index is 0.666. The Morgan fingerprint density at radius 2 is 1.11 bits per heavy atom. The summed E-state index contributed by atoms with van der Waals surface area (Å²) in [6.07, 6.45) is 3.95. The van der Waals surface area contributed by atoms with Gasteiger partial charge in [-0.25, -0.2) is 0 Å². The van der Waals surface area contributed by atoms with E-state index in [9.17, 15) is 0 Å². The van der Waals surface area contributed by atoms with Gasteiger partial charge in [0.15, 0.2) is 0 Å². The smallest absolute Gasteiger partial charge is 0.0554 e. The van der Waals surface area contributed by atoms with Crippen LogP contribution < -0.4 is 5.32 Å². The summed E-state index contributed by atoms with van der Waals surface area (Å²) < 4.78 is 0.791. The van der Waals surface area contributed by atoms with Crippen molar-refractivity contribution in [2.75, 3.05) is 0 Å². The van der Waals surface area contributed by atoms with Crippen LogP contribution in [0.25, 0.3) is 0 Å². The van der Waals surface area contributed by atoms with Crippen LogP contribution in [-0.2, 0) is 0 Å². The first-order valence-electron chi connectivity index (χ1n) is 7.43. The lowest BCUT2D eigenvalue weighted by molar-refractivity contribution is 0.452. The van der Waals surface area contributed by atoms with Crippen molar-refractivity contribution in [1.29, 1.82) is 0 Å². The first-order chi connectivity index (χ1) is 8.36. The Morgan fingerprint density at radius 1 is 0.722 bits per heavy atom. The van der Waals surface area contributed by atoms with E-state index in [4.69, 9.17) is 0 Å². The Hall–Kier alpha value is 0.660. The molecule has 108 valence electrons. The summed E-state index contributed by atoms with van der Waals surface area (Å²) in [5.74, 6) is 2.39. The Balaban J connectivity index is 2.54. The first kappa shape index (κ1) is 16.7. The van der Waals surface area contributed by atoms with Crippen LogP contribution in [-0.4, -0.2) is 15.3 Å². The minimum Gasteiger partial charge on any atom is -0.293 e. The fourth-order valence-corrected chi connectivity index (χ4v) is 6.63. The molecule has 1 N–H and O–H groups in total. The third-order valence-electron chi connectivity index (χ3n) is 3.04. The van der Waals surface area contributed by atoms with E-state index >= 15 is 0 Å². The van der Waals surface area contributed by atoms with Crippen LogP contribution in [0.15, 0.2) is 0 Å². The highest BCUT2D eigenvalue weighted by Crippen LogP contribution is 2.41. The number of hydrogen-bond acceptors (Lipinski definition) is 3. The second kappa shape index (κ2) is 8.06. The molecule has 18 heavy (non-hydrogen) atoms. The second-order valence-electron chi connectivity index (χ2n) is 6.73. The zero-order valence-electron chi connectivity index (χ0n) is 12.9. The normalized spacial score (nSPS) is 29.5.